The number of aryl methyl sites for hydroxylation is 1. The third-order valence-corrected chi connectivity index (χ3v) is 3.75. The lowest BCUT2D eigenvalue weighted by molar-refractivity contribution is 0.101. The van der Waals surface area contributed by atoms with Crippen LogP contribution in [0.3, 0.4) is 0 Å². The maximum Gasteiger partial charge on any atom is 0.163 e. The maximum absolute atomic E-state index is 13.1. The van der Waals surface area contributed by atoms with Crippen molar-refractivity contribution in [2.24, 2.45) is 0 Å². The number of ketones is 1. The van der Waals surface area contributed by atoms with E-state index in [1.807, 2.05) is 6.92 Å². The first kappa shape index (κ1) is 13.7. The summed E-state index contributed by atoms with van der Waals surface area (Å²) < 4.78 is 18.7. The van der Waals surface area contributed by atoms with E-state index in [1.54, 1.807) is 16.8 Å². The minimum Gasteiger partial charge on any atom is -0.492 e. The van der Waals surface area contributed by atoms with Gasteiger partial charge in [-0.25, -0.2) is 9.37 Å². The van der Waals surface area contributed by atoms with Crippen molar-refractivity contribution in [1.29, 1.82) is 0 Å². The molecular weight excluding hydrogens is 265 g/mol. The molecule has 0 saturated carbocycles. The van der Waals surface area contributed by atoms with E-state index in [1.165, 1.54) is 25.1 Å². The third kappa shape index (κ3) is 3.38. The second kappa shape index (κ2) is 5.93. The Balaban J connectivity index is 2.03. The first-order valence-corrected chi connectivity index (χ1v) is 6.78. The molecule has 100 valence electrons. The van der Waals surface area contributed by atoms with Crippen LogP contribution in [0.15, 0.2) is 23.7 Å². The second-order valence-corrected chi connectivity index (χ2v) is 5.10. The summed E-state index contributed by atoms with van der Waals surface area (Å²) in [6.07, 6.45) is 0.727. The average Bonchev–Trinajstić information content (AvgIpc) is 2.77. The lowest BCUT2D eigenvalue weighted by Crippen LogP contribution is -2.05. The van der Waals surface area contributed by atoms with E-state index >= 15 is 0 Å². The van der Waals surface area contributed by atoms with Gasteiger partial charge in [0.2, 0.25) is 0 Å². The first-order chi connectivity index (χ1) is 9.08. The highest BCUT2D eigenvalue weighted by Gasteiger charge is 2.10. The fourth-order valence-corrected chi connectivity index (χ4v) is 2.49. The Labute approximate surface area is 115 Å². The molecule has 0 amide bonds. The largest absolute Gasteiger partial charge is 0.492 e. The van der Waals surface area contributed by atoms with Crippen LogP contribution in [0.4, 0.5) is 4.39 Å². The zero-order valence-corrected chi connectivity index (χ0v) is 11.6. The molecule has 2 aromatic rings. The number of hydrogen-bond donors (Lipinski definition) is 0. The Morgan fingerprint density at radius 2 is 2.26 bits per heavy atom. The number of Topliss-reactive ketones (excluding diaryl/α,β-unsaturated/α-hetero) is 1. The van der Waals surface area contributed by atoms with Gasteiger partial charge in [0.25, 0.3) is 0 Å². The molecule has 1 aromatic carbocycles. The van der Waals surface area contributed by atoms with E-state index in [9.17, 15) is 9.18 Å². The summed E-state index contributed by atoms with van der Waals surface area (Å²) >= 11 is 1.58. The van der Waals surface area contributed by atoms with Gasteiger partial charge < -0.3 is 4.74 Å². The van der Waals surface area contributed by atoms with Gasteiger partial charge in [-0.2, -0.15) is 0 Å². The lowest BCUT2D eigenvalue weighted by Gasteiger charge is -2.09. The van der Waals surface area contributed by atoms with Crippen molar-refractivity contribution >= 4 is 17.1 Å². The number of nitrogens with zero attached hydrogens (tertiary/aromatic N) is 1. The molecule has 0 spiro atoms. The minimum absolute atomic E-state index is 0.205. The van der Waals surface area contributed by atoms with Crippen molar-refractivity contribution in [3.8, 4) is 5.75 Å². The number of thiazole rings is 1. The highest BCUT2D eigenvalue weighted by atomic mass is 32.1. The van der Waals surface area contributed by atoms with E-state index in [2.05, 4.69) is 4.98 Å². The van der Waals surface area contributed by atoms with Crippen molar-refractivity contribution < 1.29 is 13.9 Å². The van der Waals surface area contributed by atoms with Gasteiger partial charge in [0.1, 0.15) is 11.6 Å². The van der Waals surface area contributed by atoms with E-state index < -0.39 is 5.82 Å². The monoisotopic (exact) mass is 279 g/mol. The van der Waals surface area contributed by atoms with Crippen molar-refractivity contribution in [2.75, 3.05) is 6.61 Å². The first-order valence-electron chi connectivity index (χ1n) is 5.90. The lowest BCUT2D eigenvalue weighted by atomic mass is 10.1. The number of hydrogen-bond acceptors (Lipinski definition) is 4. The molecule has 0 aliphatic rings. The molecule has 0 fully saturated rings. The van der Waals surface area contributed by atoms with Crippen molar-refractivity contribution in [2.45, 2.75) is 20.3 Å². The number of rotatable bonds is 5. The summed E-state index contributed by atoms with van der Waals surface area (Å²) in [5.41, 5.74) is 3.07. The number of carbonyl (C=O) groups is 1. The summed E-state index contributed by atoms with van der Waals surface area (Å²) in [6, 6.07) is 3.99. The molecule has 0 radical (unpaired) electrons. The molecule has 1 aromatic heterocycles. The molecule has 0 aliphatic carbocycles. The molecule has 0 saturated heterocycles. The zero-order valence-electron chi connectivity index (χ0n) is 10.8. The van der Waals surface area contributed by atoms with Gasteiger partial charge in [0, 0.05) is 11.3 Å². The Hall–Kier alpha value is -1.75. The summed E-state index contributed by atoms with van der Waals surface area (Å²) in [7, 11) is 0. The van der Waals surface area contributed by atoms with E-state index in [0.717, 1.165) is 17.0 Å². The maximum atomic E-state index is 13.1. The van der Waals surface area contributed by atoms with Gasteiger partial charge in [-0.1, -0.05) is 0 Å². The third-order valence-electron chi connectivity index (χ3n) is 2.75. The average molecular weight is 279 g/mol. The Morgan fingerprint density at radius 3 is 2.89 bits per heavy atom. The zero-order chi connectivity index (χ0) is 13.8. The minimum atomic E-state index is -0.434. The molecule has 0 unspecified atom stereocenters. The van der Waals surface area contributed by atoms with Crippen LogP contribution < -0.4 is 4.74 Å². The van der Waals surface area contributed by atoms with E-state index in [4.69, 9.17) is 4.74 Å². The normalized spacial score (nSPS) is 10.5. The molecule has 1 heterocycles. The summed E-state index contributed by atoms with van der Waals surface area (Å²) in [5.74, 6) is -0.213. The fraction of sp³-hybridized carbons (Fsp3) is 0.286. The van der Waals surface area contributed by atoms with E-state index in [-0.39, 0.29) is 11.3 Å². The highest BCUT2D eigenvalue weighted by molar-refractivity contribution is 7.09. The van der Waals surface area contributed by atoms with Crippen molar-refractivity contribution in [3.63, 3.8) is 0 Å². The number of benzene rings is 1. The quantitative estimate of drug-likeness (QED) is 0.787. The van der Waals surface area contributed by atoms with Gasteiger partial charge >= 0.3 is 0 Å². The number of halogens is 1. The molecule has 0 bridgehead atoms. The number of carbonyl (C=O) groups excluding carboxylic acids is 1. The Morgan fingerprint density at radius 1 is 1.47 bits per heavy atom. The number of aromatic nitrogens is 1. The topological polar surface area (TPSA) is 39.2 Å². The van der Waals surface area contributed by atoms with Crippen LogP contribution in [-0.2, 0) is 6.42 Å². The van der Waals surface area contributed by atoms with Gasteiger partial charge in [0.15, 0.2) is 5.78 Å². The summed E-state index contributed by atoms with van der Waals surface area (Å²) in [5, 5.41) is 0. The van der Waals surface area contributed by atoms with Gasteiger partial charge in [0.05, 0.1) is 23.4 Å². The predicted molar refractivity (Wildman–Crippen MR) is 72.5 cm³/mol. The Kier molecular flexibility index (Phi) is 4.27. The van der Waals surface area contributed by atoms with Crippen LogP contribution in [-0.4, -0.2) is 17.4 Å². The molecule has 0 aliphatic heterocycles. The standard InChI is InChI=1S/C14H14FNO2S/c1-9-14(19-8-16-9)5-6-18-13-4-3-11(15)7-12(13)10(2)17/h3-4,7-8H,5-6H2,1-2H3. The summed E-state index contributed by atoms with van der Waals surface area (Å²) in [4.78, 5) is 16.7. The fourth-order valence-electron chi connectivity index (χ4n) is 1.72. The van der Waals surface area contributed by atoms with E-state index in [0.29, 0.717) is 12.4 Å². The second-order valence-electron chi connectivity index (χ2n) is 4.16. The van der Waals surface area contributed by atoms with Crippen LogP contribution in [0.2, 0.25) is 0 Å². The van der Waals surface area contributed by atoms with Gasteiger partial charge in [-0.3, -0.25) is 4.79 Å². The van der Waals surface area contributed by atoms with Crippen LogP contribution in [0.25, 0.3) is 0 Å². The highest BCUT2D eigenvalue weighted by Crippen LogP contribution is 2.21. The SMILES string of the molecule is CC(=O)c1cc(F)ccc1OCCc1scnc1C. The van der Waals surface area contributed by atoms with Crippen molar-refractivity contribution in [3.05, 3.63) is 45.7 Å². The van der Waals surface area contributed by atoms with Crippen molar-refractivity contribution in [1.82, 2.24) is 4.98 Å². The van der Waals surface area contributed by atoms with Crippen LogP contribution in [0.1, 0.15) is 27.9 Å². The summed E-state index contributed by atoms with van der Waals surface area (Å²) in [6.45, 7) is 3.79. The van der Waals surface area contributed by atoms with Crippen LogP contribution >= 0.6 is 11.3 Å². The molecule has 3 nitrogen and oxygen atoms in total. The Bertz CT molecular complexity index is 595. The smallest absolute Gasteiger partial charge is 0.163 e. The molecule has 2 rings (SSSR count). The molecular formula is C14H14FNO2S. The number of ether oxygens (including phenoxy) is 1. The molecule has 0 atom stereocenters. The molecule has 5 heteroatoms. The van der Waals surface area contributed by atoms with Gasteiger partial charge in [-0.15, -0.1) is 11.3 Å². The van der Waals surface area contributed by atoms with Crippen LogP contribution in [0, 0.1) is 12.7 Å². The molecule has 0 N–H and O–H groups in total. The predicted octanol–water partition coefficient (Wildman–Crippen LogP) is 3.41. The van der Waals surface area contributed by atoms with Gasteiger partial charge in [-0.05, 0) is 32.0 Å². The van der Waals surface area contributed by atoms with Crippen LogP contribution in [0.5, 0.6) is 5.75 Å². The molecule has 19 heavy (non-hydrogen) atoms.